The van der Waals surface area contributed by atoms with Crippen LogP contribution in [-0.2, 0) is 9.53 Å². The number of pyridine rings is 1. The van der Waals surface area contributed by atoms with Crippen LogP contribution in [0.4, 0.5) is 21.0 Å². The molecule has 0 radical (unpaired) electrons. The normalized spacial score (nSPS) is 21.0. The smallest absolute Gasteiger partial charge is 0.410 e. The number of thioether (sulfide) groups is 1. The van der Waals surface area contributed by atoms with Gasteiger partial charge in [-0.2, -0.15) is 0 Å². The molecule has 2 N–H and O–H groups in total. The number of amides is 4. The number of urea groups is 1. The summed E-state index contributed by atoms with van der Waals surface area (Å²) >= 11 is 1.42. The van der Waals surface area contributed by atoms with Crippen molar-refractivity contribution in [3.63, 3.8) is 0 Å². The fourth-order valence-electron chi connectivity index (χ4n) is 5.46. The Hall–Kier alpha value is -4.25. The average molecular weight is 588 g/mol. The van der Waals surface area contributed by atoms with E-state index in [0.717, 1.165) is 33.3 Å². The van der Waals surface area contributed by atoms with Crippen molar-refractivity contribution in [1.82, 2.24) is 20.5 Å². The van der Waals surface area contributed by atoms with Gasteiger partial charge >= 0.3 is 12.1 Å². The molecule has 4 amide bonds. The minimum Gasteiger partial charge on any atom is -0.457 e. The minimum atomic E-state index is -0.599. The molecule has 0 aliphatic carbocycles. The highest BCUT2D eigenvalue weighted by atomic mass is 32.2. The topological polar surface area (TPSA) is 113 Å². The van der Waals surface area contributed by atoms with Crippen LogP contribution in [0.3, 0.4) is 0 Å². The molecular formula is C31H33N5O5S. The molecule has 10 nitrogen and oxygen atoms in total. The maximum absolute atomic E-state index is 13.6. The molecule has 0 saturated carbocycles. The third-order valence-corrected chi connectivity index (χ3v) is 8.58. The molecule has 3 atom stereocenters. The summed E-state index contributed by atoms with van der Waals surface area (Å²) in [6, 6.07) is 16.3. The van der Waals surface area contributed by atoms with Gasteiger partial charge < -0.3 is 25.0 Å². The third kappa shape index (κ3) is 5.48. The number of benzene rings is 2. The monoisotopic (exact) mass is 587 g/mol. The van der Waals surface area contributed by atoms with Gasteiger partial charge in [-0.3, -0.25) is 9.69 Å². The number of nitrogens with one attached hydrogen (secondary N) is 2. The second-order valence-electron chi connectivity index (χ2n) is 11.6. The SMILES string of the molecule is Cc1cc(Oc2ccccc2)ccc1N1C(=O)NC2c3c1ccnc3SC2NC(=O)[C@H]1CCN(C(=O)OC(C)(C)C)C1. The fraction of sp³-hybridized carbons (Fsp3) is 0.355. The number of hydrogen-bond acceptors (Lipinski definition) is 7. The van der Waals surface area contributed by atoms with Crippen LogP contribution in [0.5, 0.6) is 11.5 Å². The Morgan fingerprint density at radius 1 is 1.07 bits per heavy atom. The van der Waals surface area contributed by atoms with Gasteiger partial charge in [0.1, 0.15) is 27.5 Å². The van der Waals surface area contributed by atoms with E-state index in [0.29, 0.717) is 25.3 Å². The van der Waals surface area contributed by atoms with Gasteiger partial charge in [0, 0.05) is 24.8 Å². The zero-order valence-corrected chi connectivity index (χ0v) is 24.7. The van der Waals surface area contributed by atoms with E-state index in [2.05, 4.69) is 15.6 Å². The first kappa shape index (κ1) is 27.9. The van der Waals surface area contributed by atoms with Crippen LogP contribution in [0.15, 0.2) is 65.8 Å². The number of aromatic nitrogens is 1. The lowest BCUT2D eigenvalue weighted by atomic mass is 10.0. The van der Waals surface area contributed by atoms with Gasteiger partial charge in [-0.25, -0.2) is 14.6 Å². The number of aryl methyl sites for hydroxylation is 1. The van der Waals surface area contributed by atoms with E-state index in [4.69, 9.17) is 9.47 Å². The Kier molecular flexibility index (Phi) is 7.22. The Morgan fingerprint density at radius 2 is 1.86 bits per heavy atom. The fourth-order valence-corrected chi connectivity index (χ4v) is 6.70. The molecule has 11 heteroatoms. The van der Waals surface area contributed by atoms with E-state index in [1.807, 2.05) is 82.3 Å². The van der Waals surface area contributed by atoms with Gasteiger partial charge in [0.05, 0.1) is 23.3 Å². The van der Waals surface area contributed by atoms with Crippen molar-refractivity contribution in [3.05, 3.63) is 71.9 Å². The third-order valence-electron chi connectivity index (χ3n) is 7.39. The van der Waals surface area contributed by atoms with Crippen molar-refractivity contribution in [1.29, 1.82) is 0 Å². The predicted octanol–water partition coefficient (Wildman–Crippen LogP) is 5.89. The van der Waals surface area contributed by atoms with Crippen molar-refractivity contribution in [2.45, 2.75) is 56.2 Å². The Labute approximate surface area is 248 Å². The number of ether oxygens (including phenoxy) is 2. The highest BCUT2D eigenvalue weighted by Crippen LogP contribution is 2.50. The number of hydrogen-bond donors (Lipinski definition) is 2. The lowest BCUT2D eigenvalue weighted by molar-refractivity contribution is -0.124. The molecule has 3 aliphatic heterocycles. The van der Waals surface area contributed by atoms with Crippen LogP contribution in [-0.4, -0.2) is 52.0 Å². The number of likely N-dealkylation sites (tertiary alicyclic amines) is 1. The zero-order valence-electron chi connectivity index (χ0n) is 23.9. The van der Waals surface area contributed by atoms with Crippen LogP contribution in [0.1, 0.15) is 44.4 Å². The van der Waals surface area contributed by atoms with Crippen molar-refractivity contribution in [3.8, 4) is 11.5 Å². The zero-order chi connectivity index (χ0) is 29.6. The molecule has 2 aromatic carbocycles. The molecular weight excluding hydrogens is 554 g/mol. The molecule has 3 aliphatic rings. The molecule has 218 valence electrons. The van der Waals surface area contributed by atoms with Crippen LogP contribution < -0.4 is 20.3 Å². The first-order chi connectivity index (χ1) is 20.1. The van der Waals surface area contributed by atoms with Crippen LogP contribution in [0, 0.1) is 12.8 Å². The van der Waals surface area contributed by atoms with Gasteiger partial charge in [0.2, 0.25) is 5.91 Å². The number of carbonyl (C=O) groups is 3. The summed E-state index contributed by atoms with van der Waals surface area (Å²) in [4.78, 5) is 47.1. The van der Waals surface area contributed by atoms with E-state index in [-0.39, 0.29) is 17.9 Å². The number of anilines is 2. The van der Waals surface area contributed by atoms with Gasteiger partial charge in [-0.1, -0.05) is 30.0 Å². The van der Waals surface area contributed by atoms with E-state index in [9.17, 15) is 14.4 Å². The van der Waals surface area contributed by atoms with E-state index >= 15 is 0 Å². The van der Waals surface area contributed by atoms with Gasteiger partial charge in [0.15, 0.2) is 0 Å². The van der Waals surface area contributed by atoms with Crippen molar-refractivity contribution < 1.29 is 23.9 Å². The van der Waals surface area contributed by atoms with Crippen molar-refractivity contribution in [2.75, 3.05) is 18.0 Å². The molecule has 0 bridgehead atoms. The largest absolute Gasteiger partial charge is 0.457 e. The highest BCUT2D eigenvalue weighted by Gasteiger charge is 2.45. The van der Waals surface area contributed by atoms with E-state index < -0.39 is 23.1 Å². The molecule has 1 saturated heterocycles. The second kappa shape index (κ2) is 10.9. The summed E-state index contributed by atoms with van der Waals surface area (Å²) in [5.74, 6) is 0.891. The molecule has 2 unspecified atom stereocenters. The van der Waals surface area contributed by atoms with E-state index in [1.54, 1.807) is 16.0 Å². The van der Waals surface area contributed by atoms with Crippen LogP contribution in [0.25, 0.3) is 0 Å². The summed E-state index contributed by atoms with van der Waals surface area (Å²) in [6.45, 7) is 8.15. The summed E-state index contributed by atoms with van der Waals surface area (Å²) in [5, 5.41) is 6.54. The maximum Gasteiger partial charge on any atom is 0.410 e. The lowest BCUT2D eigenvalue weighted by Crippen LogP contribution is -2.50. The summed E-state index contributed by atoms with van der Waals surface area (Å²) in [7, 11) is 0. The highest BCUT2D eigenvalue weighted by molar-refractivity contribution is 8.00. The Balaban J connectivity index is 1.18. The lowest BCUT2D eigenvalue weighted by Gasteiger charge is -2.35. The Bertz CT molecular complexity index is 1540. The van der Waals surface area contributed by atoms with E-state index in [1.165, 1.54) is 11.8 Å². The number of rotatable bonds is 5. The van der Waals surface area contributed by atoms with Crippen molar-refractivity contribution >= 4 is 41.2 Å². The Morgan fingerprint density at radius 3 is 2.60 bits per heavy atom. The van der Waals surface area contributed by atoms with Gasteiger partial charge in [-0.15, -0.1) is 0 Å². The summed E-state index contributed by atoms with van der Waals surface area (Å²) in [5.41, 5.74) is 2.60. The first-order valence-electron chi connectivity index (χ1n) is 14.0. The maximum atomic E-state index is 13.6. The van der Waals surface area contributed by atoms with Gasteiger partial charge in [0.25, 0.3) is 0 Å². The predicted molar refractivity (Wildman–Crippen MR) is 159 cm³/mol. The number of para-hydroxylation sites is 1. The molecule has 42 heavy (non-hydrogen) atoms. The molecule has 1 aromatic heterocycles. The molecule has 3 aromatic rings. The average Bonchev–Trinajstić information content (AvgIpc) is 3.56. The van der Waals surface area contributed by atoms with Gasteiger partial charge in [-0.05, 0) is 76.1 Å². The van der Waals surface area contributed by atoms with Crippen LogP contribution in [0.2, 0.25) is 0 Å². The molecule has 0 spiro atoms. The number of carbonyl (C=O) groups excluding carboxylic acids is 3. The minimum absolute atomic E-state index is 0.158. The van der Waals surface area contributed by atoms with Crippen LogP contribution >= 0.6 is 11.8 Å². The molecule has 1 fully saturated rings. The molecule has 4 heterocycles. The standard InChI is InChI=1S/C31H33N5O5S/c1-18-16-21(40-20-8-6-5-7-9-20)10-11-22(18)36-23-12-14-32-27-24(23)25(33-29(36)38)28(42-27)34-26(37)19-13-15-35(17-19)30(39)41-31(2,3)4/h5-12,14,16,19,25,28H,13,15,17H2,1-4H3,(H,33,38)(H,34,37)/t19-,25?,28?/m0/s1. The number of nitrogens with zero attached hydrogens (tertiary/aromatic N) is 3. The first-order valence-corrected chi connectivity index (χ1v) is 14.8. The quantitative estimate of drug-likeness (QED) is 0.383. The summed E-state index contributed by atoms with van der Waals surface area (Å²) in [6.07, 6.45) is 1.82. The second-order valence-corrected chi connectivity index (χ2v) is 12.8. The summed E-state index contributed by atoms with van der Waals surface area (Å²) < 4.78 is 11.4. The van der Waals surface area contributed by atoms with Crippen molar-refractivity contribution in [2.24, 2.45) is 5.92 Å². The molecule has 6 rings (SSSR count).